The maximum absolute atomic E-state index is 12.6. The number of rotatable bonds is 6. The highest BCUT2D eigenvalue weighted by Gasteiger charge is 2.18. The third kappa shape index (κ3) is 5.50. The van der Waals surface area contributed by atoms with E-state index in [1.165, 1.54) is 0 Å². The molecule has 3 nitrogen and oxygen atoms in total. The molecule has 0 heterocycles. The van der Waals surface area contributed by atoms with Crippen LogP contribution < -0.4 is 4.74 Å². The van der Waals surface area contributed by atoms with Crippen molar-refractivity contribution in [3.05, 3.63) is 51.2 Å². The van der Waals surface area contributed by atoms with Gasteiger partial charge in [0.1, 0.15) is 11.5 Å². The van der Waals surface area contributed by atoms with Crippen LogP contribution in [0, 0.1) is 0 Å². The van der Waals surface area contributed by atoms with Crippen LogP contribution in [0.15, 0.2) is 45.6 Å². The highest BCUT2D eigenvalue weighted by molar-refractivity contribution is 9.10. The number of hydrogen-bond donors (Lipinski definition) is 0. The maximum Gasteiger partial charge on any atom is 0.257 e. The number of ether oxygens (including phenoxy) is 1. The molecule has 120 valence electrons. The number of carbonyl (C=O) groups excluding carboxylic acids is 1. The molecule has 0 bridgehead atoms. The summed E-state index contributed by atoms with van der Waals surface area (Å²) in [4.78, 5) is 14.4. The minimum atomic E-state index is -0.0434. The molecule has 0 saturated heterocycles. The van der Waals surface area contributed by atoms with E-state index in [4.69, 9.17) is 16.3 Å². The van der Waals surface area contributed by atoms with Gasteiger partial charge >= 0.3 is 0 Å². The van der Waals surface area contributed by atoms with E-state index in [1.807, 2.05) is 26.8 Å². The number of hydrogen-bond acceptors (Lipinski definition) is 2. The molecule has 0 spiro atoms. The van der Waals surface area contributed by atoms with Crippen LogP contribution in [0.4, 0.5) is 0 Å². The molecule has 5 heteroatoms. The molecule has 0 radical (unpaired) electrons. The monoisotopic (exact) mass is 385 g/mol. The van der Waals surface area contributed by atoms with E-state index in [-0.39, 0.29) is 5.91 Å². The normalized spacial score (nSPS) is 12.3. The summed E-state index contributed by atoms with van der Waals surface area (Å²) in [5.74, 6) is 1.16. The zero-order valence-corrected chi connectivity index (χ0v) is 15.7. The number of allylic oxidation sites excluding steroid dienone is 4. The van der Waals surface area contributed by atoms with E-state index in [1.54, 1.807) is 36.1 Å². The Morgan fingerprint density at radius 1 is 1.27 bits per heavy atom. The molecule has 0 atom stereocenters. The van der Waals surface area contributed by atoms with Crippen molar-refractivity contribution in [1.29, 1.82) is 0 Å². The van der Waals surface area contributed by atoms with Crippen LogP contribution in [-0.2, 0) is 0 Å². The first-order chi connectivity index (χ1) is 10.4. The second-order valence-corrected chi connectivity index (χ2v) is 6.26. The highest BCUT2D eigenvalue weighted by Crippen LogP contribution is 2.26. The van der Waals surface area contributed by atoms with Crippen molar-refractivity contribution in [3.8, 4) is 5.75 Å². The van der Waals surface area contributed by atoms with Crippen molar-refractivity contribution < 1.29 is 9.53 Å². The topological polar surface area (TPSA) is 29.5 Å². The summed E-state index contributed by atoms with van der Waals surface area (Å²) < 4.78 is 6.64. The average Bonchev–Trinajstić information content (AvgIpc) is 2.48. The number of amides is 1. The Hall–Kier alpha value is -1.26. The Kier molecular flexibility index (Phi) is 7.69. The quantitative estimate of drug-likeness (QED) is 0.487. The Morgan fingerprint density at radius 2 is 1.91 bits per heavy atom. The predicted octanol–water partition coefficient (Wildman–Crippen LogP) is 5.36. The number of nitrogens with zero attached hydrogens (tertiary/aromatic N) is 1. The van der Waals surface area contributed by atoms with Gasteiger partial charge in [0.05, 0.1) is 5.56 Å². The molecule has 0 saturated carbocycles. The van der Waals surface area contributed by atoms with Gasteiger partial charge in [-0.3, -0.25) is 4.79 Å². The van der Waals surface area contributed by atoms with Crippen molar-refractivity contribution in [2.45, 2.75) is 27.7 Å². The Morgan fingerprint density at radius 3 is 2.45 bits per heavy atom. The second kappa shape index (κ2) is 9.01. The molecule has 1 aromatic carbocycles. The van der Waals surface area contributed by atoms with Crippen LogP contribution in [0.3, 0.4) is 0 Å². The number of benzene rings is 1. The average molecular weight is 387 g/mol. The molecule has 1 rings (SSSR count). The van der Waals surface area contributed by atoms with E-state index in [0.717, 1.165) is 4.47 Å². The first kappa shape index (κ1) is 18.8. The maximum atomic E-state index is 12.6. The van der Waals surface area contributed by atoms with Gasteiger partial charge < -0.3 is 9.64 Å². The molecule has 1 aromatic rings. The fraction of sp³-hybridized carbons (Fsp3) is 0.353. The van der Waals surface area contributed by atoms with Gasteiger partial charge in [-0.1, -0.05) is 27.5 Å². The van der Waals surface area contributed by atoms with Crippen LogP contribution in [0.5, 0.6) is 5.75 Å². The third-order valence-corrected chi connectivity index (χ3v) is 3.66. The lowest BCUT2D eigenvalue weighted by Crippen LogP contribution is -2.30. The Bertz CT molecular complexity index is 588. The SMILES string of the molecule is CCN(CC)C(=O)c1cc(Br)ccc1O/C(C)=C/C=C(\C)Cl. The lowest BCUT2D eigenvalue weighted by Gasteiger charge is -2.20. The van der Waals surface area contributed by atoms with E-state index in [9.17, 15) is 4.79 Å². The standard InChI is InChI=1S/C17H21BrClNO2/c1-5-20(6-2)17(21)15-11-14(18)9-10-16(15)22-13(4)8-7-12(3)19/h7-11H,5-6H2,1-4H3/b12-7+,13-8+. The summed E-state index contributed by atoms with van der Waals surface area (Å²) in [7, 11) is 0. The zero-order valence-electron chi connectivity index (χ0n) is 13.3. The van der Waals surface area contributed by atoms with Crippen molar-refractivity contribution in [1.82, 2.24) is 4.90 Å². The third-order valence-electron chi connectivity index (χ3n) is 3.04. The molecule has 0 N–H and O–H groups in total. The second-order valence-electron chi connectivity index (χ2n) is 4.75. The molecule has 1 amide bonds. The van der Waals surface area contributed by atoms with Crippen molar-refractivity contribution in [2.75, 3.05) is 13.1 Å². The molecular weight excluding hydrogens is 366 g/mol. The van der Waals surface area contributed by atoms with Gasteiger partial charge in [0.2, 0.25) is 0 Å². The molecule has 0 unspecified atom stereocenters. The van der Waals surface area contributed by atoms with E-state index < -0.39 is 0 Å². The molecular formula is C17H21BrClNO2. The summed E-state index contributed by atoms with van der Waals surface area (Å²) in [6.07, 6.45) is 3.53. The fourth-order valence-corrected chi connectivity index (χ4v) is 2.30. The van der Waals surface area contributed by atoms with Gasteiger partial charge in [0.25, 0.3) is 5.91 Å². The highest BCUT2D eigenvalue weighted by atomic mass is 79.9. The summed E-state index contributed by atoms with van der Waals surface area (Å²) in [5.41, 5.74) is 0.539. The minimum Gasteiger partial charge on any atom is -0.461 e. The van der Waals surface area contributed by atoms with Crippen LogP contribution in [0.2, 0.25) is 0 Å². The number of halogens is 2. The molecule has 0 aliphatic rings. The van der Waals surface area contributed by atoms with Gasteiger partial charge in [0, 0.05) is 22.6 Å². The molecule has 0 aliphatic carbocycles. The summed E-state index contributed by atoms with van der Waals surface area (Å²) in [6.45, 7) is 8.84. The largest absolute Gasteiger partial charge is 0.461 e. The van der Waals surface area contributed by atoms with E-state index >= 15 is 0 Å². The van der Waals surface area contributed by atoms with Gasteiger partial charge in [-0.05, 0) is 58.0 Å². The van der Waals surface area contributed by atoms with E-state index in [0.29, 0.717) is 35.2 Å². The Labute approximate surface area is 145 Å². The van der Waals surface area contributed by atoms with Crippen LogP contribution in [-0.4, -0.2) is 23.9 Å². The van der Waals surface area contributed by atoms with Gasteiger partial charge in [-0.2, -0.15) is 0 Å². The lowest BCUT2D eigenvalue weighted by atomic mass is 10.1. The van der Waals surface area contributed by atoms with E-state index in [2.05, 4.69) is 15.9 Å². The van der Waals surface area contributed by atoms with Crippen molar-refractivity contribution >= 4 is 33.4 Å². The summed E-state index contributed by atoms with van der Waals surface area (Å²) in [5, 5.41) is 0.665. The molecule has 22 heavy (non-hydrogen) atoms. The predicted molar refractivity (Wildman–Crippen MR) is 95.4 cm³/mol. The molecule has 0 aromatic heterocycles. The molecule has 0 fully saturated rings. The first-order valence-electron chi connectivity index (χ1n) is 7.16. The zero-order chi connectivity index (χ0) is 16.7. The van der Waals surface area contributed by atoms with Crippen LogP contribution in [0.25, 0.3) is 0 Å². The lowest BCUT2D eigenvalue weighted by molar-refractivity contribution is 0.0770. The summed E-state index contributed by atoms with van der Waals surface area (Å²) >= 11 is 9.21. The van der Waals surface area contributed by atoms with Crippen LogP contribution >= 0.6 is 27.5 Å². The number of carbonyl (C=O) groups is 1. The first-order valence-corrected chi connectivity index (χ1v) is 8.33. The van der Waals surface area contributed by atoms with Gasteiger partial charge in [-0.25, -0.2) is 0 Å². The van der Waals surface area contributed by atoms with Gasteiger partial charge in [-0.15, -0.1) is 0 Å². The molecule has 0 aliphatic heterocycles. The van der Waals surface area contributed by atoms with Crippen molar-refractivity contribution in [2.24, 2.45) is 0 Å². The van der Waals surface area contributed by atoms with Crippen molar-refractivity contribution in [3.63, 3.8) is 0 Å². The smallest absolute Gasteiger partial charge is 0.257 e. The van der Waals surface area contributed by atoms with Crippen LogP contribution in [0.1, 0.15) is 38.1 Å². The minimum absolute atomic E-state index is 0.0434. The fourth-order valence-electron chi connectivity index (χ4n) is 1.88. The summed E-state index contributed by atoms with van der Waals surface area (Å²) in [6, 6.07) is 5.42. The Balaban J connectivity index is 3.13. The van der Waals surface area contributed by atoms with Gasteiger partial charge in [0.15, 0.2) is 0 Å².